The average molecular weight is 398 g/mol. The van der Waals surface area contributed by atoms with Crippen molar-refractivity contribution in [2.24, 2.45) is 0 Å². The number of thiophene rings is 1. The van der Waals surface area contributed by atoms with E-state index in [1.807, 2.05) is 31.2 Å². The Morgan fingerprint density at radius 1 is 1.22 bits per heavy atom. The lowest BCUT2D eigenvalue weighted by molar-refractivity contribution is -0.119. The summed E-state index contributed by atoms with van der Waals surface area (Å²) in [6.07, 6.45) is 0. The Morgan fingerprint density at radius 2 is 2.00 bits per heavy atom. The van der Waals surface area contributed by atoms with E-state index in [4.69, 9.17) is 11.6 Å². The van der Waals surface area contributed by atoms with Crippen LogP contribution in [0.15, 0.2) is 53.3 Å². The van der Waals surface area contributed by atoms with Gasteiger partial charge in [0.05, 0.1) is 15.8 Å². The number of rotatable bonds is 3. The van der Waals surface area contributed by atoms with Crippen molar-refractivity contribution in [3.05, 3.63) is 69.6 Å². The van der Waals surface area contributed by atoms with Crippen molar-refractivity contribution in [1.82, 2.24) is 9.78 Å². The van der Waals surface area contributed by atoms with Gasteiger partial charge in [-0.1, -0.05) is 35.9 Å². The van der Waals surface area contributed by atoms with E-state index >= 15 is 0 Å². The van der Waals surface area contributed by atoms with Gasteiger partial charge in [0.25, 0.3) is 5.56 Å². The van der Waals surface area contributed by atoms with Gasteiger partial charge < -0.3 is 5.32 Å². The molecule has 1 N–H and O–H groups in total. The number of halogens is 1. The molecule has 4 aromatic rings. The van der Waals surface area contributed by atoms with Crippen LogP contribution in [0.3, 0.4) is 0 Å². The van der Waals surface area contributed by atoms with Gasteiger partial charge >= 0.3 is 0 Å². The van der Waals surface area contributed by atoms with Crippen LogP contribution in [-0.4, -0.2) is 15.7 Å². The zero-order valence-electron chi connectivity index (χ0n) is 14.7. The topological polar surface area (TPSA) is 64.0 Å². The SMILES string of the molecule is Cc1nn([C@@H](C)C(=O)Nc2cccc(Cl)c2)c(=O)c2c1sc1ccccc12. The minimum Gasteiger partial charge on any atom is -0.324 e. The number of aromatic nitrogens is 2. The number of carbonyl (C=O) groups excluding carboxylic acids is 1. The molecule has 7 heteroatoms. The van der Waals surface area contributed by atoms with Gasteiger partial charge in [-0.05, 0) is 38.1 Å². The number of nitrogens with zero attached hydrogens (tertiary/aromatic N) is 2. The molecule has 2 aromatic heterocycles. The molecule has 1 amide bonds. The smallest absolute Gasteiger partial charge is 0.276 e. The summed E-state index contributed by atoms with van der Waals surface area (Å²) in [6.45, 7) is 3.52. The molecular formula is C20H16ClN3O2S. The summed E-state index contributed by atoms with van der Waals surface area (Å²) in [7, 11) is 0. The van der Waals surface area contributed by atoms with E-state index < -0.39 is 6.04 Å². The van der Waals surface area contributed by atoms with E-state index in [1.54, 1.807) is 42.5 Å². The minimum absolute atomic E-state index is 0.262. The number of aryl methyl sites for hydroxylation is 1. The van der Waals surface area contributed by atoms with Gasteiger partial charge in [-0.3, -0.25) is 9.59 Å². The van der Waals surface area contributed by atoms with Crippen molar-refractivity contribution in [2.75, 3.05) is 5.32 Å². The fourth-order valence-electron chi connectivity index (χ4n) is 3.07. The van der Waals surface area contributed by atoms with Crippen LogP contribution in [0.4, 0.5) is 5.69 Å². The van der Waals surface area contributed by atoms with E-state index in [1.165, 1.54) is 4.68 Å². The molecule has 0 unspecified atom stereocenters. The quantitative estimate of drug-likeness (QED) is 0.541. The predicted octanol–water partition coefficient (Wildman–Crippen LogP) is 4.77. The van der Waals surface area contributed by atoms with E-state index in [0.29, 0.717) is 16.1 Å². The van der Waals surface area contributed by atoms with Crippen LogP contribution in [0.25, 0.3) is 20.2 Å². The minimum atomic E-state index is -0.766. The van der Waals surface area contributed by atoms with Crippen molar-refractivity contribution >= 4 is 54.7 Å². The maximum Gasteiger partial charge on any atom is 0.276 e. The predicted molar refractivity (Wildman–Crippen MR) is 111 cm³/mol. The molecule has 4 rings (SSSR count). The number of hydrogen-bond acceptors (Lipinski definition) is 4. The lowest BCUT2D eigenvalue weighted by atomic mass is 10.2. The van der Waals surface area contributed by atoms with Crippen molar-refractivity contribution in [2.45, 2.75) is 19.9 Å². The number of anilines is 1. The van der Waals surface area contributed by atoms with Gasteiger partial charge in [-0.15, -0.1) is 11.3 Å². The fraction of sp³-hybridized carbons (Fsp3) is 0.150. The highest BCUT2D eigenvalue weighted by atomic mass is 35.5. The molecule has 2 aromatic carbocycles. The first-order chi connectivity index (χ1) is 13.0. The number of benzene rings is 2. The summed E-state index contributed by atoms with van der Waals surface area (Å²) in [4.78, 5) is 25.8. The average Bonchev–Trinajstić information content (AvgIpc) is 3.04. The standard InChI is InChI=1S/C20H16ClN3O2S/c1-11-18-17(15-8-3-4-9-16(15)27-18)20(26)24(23-11)12(2)19(25)22-14-7-5-6-13(21)10-14/h3-10,12H,1-2H3,(H,22,25)/t12-/m0/s1. The summed E-state index contributed by atoms with van der Waals surface area (Å²) < 4.78 is 3.15. The van der Waals surface area contributed by atoms with Gasteiger partial charge in [0.15, 0.2) is 0 Å². The van der Waals surface area contributed by atoms with Gasteiger partial charge in [-0.2, -0.15) is 5.10 Å². The zero-order valence-corrected chi connectivity index (χ0v) is 16.3. The molecule has 27 heavy (non-hydrogen) atoms. The van der Waals surface area contributed by atoms with Gasteiger partial charge in [0, 0.05) is 20.8 Å². The maximum atomic E-state index is 13.1. The number of carbonyl (C=O) groups is 1. The number of nitrogens with one attached hydrogen (secondary N) is 1. The van der Waals surface area contributed by atoms with E-state index in [9.17, 15) is 9.59 Å². The first kappa shape index (κ1) is 17.7. The van der Waals surface area contributed by atoms with Gasteiger partial charge in [-0.25, -0.2) is 4.68 Å². The Balaban J connectivity index is 1.78. The van der Waals surface area contributed by atoms with Crippen LogP contribution in [0.2, 0.25) is 5.02 Å². The third-order valence-corrected chi connectivity index (χ3v) is 5.96. The second kappa shape index (κ2) is 6.79. The number of amides is 1. The van der Waals surface area contributed by atoms with Crippen LogP contribution < -0.4 is 10.9 Å². The summed E-state index contributed by atoms with van der Waals surface area (Å²) in [5, 5.41) is 9.22. The normalized spacial score (nSPS) is 12.4. The molecule has 0 bridgehead atoms. The Kier molecular flexibility index (Phi) is 4.45. The summed E-state index contributed by atoms with van der Waals surface area (Å²) >= 11 is 7.51. The van der Waals surface area contributed by atoms with Crippen LogP contribution in [0.5, 0.6) is 0 Å². The third kappa shape index (κ3) is 3.11. The molecule has 5 nitrogen and oxygen atoms in total. The lowest BCUT2D eigenvalue weighted by Gasteiger charge is -2.15. The highest BCUT2D eigenvalue weighted by Crippen LogP contribution is 2.33. The molecule has 0 saturated heterocycles. The monoisotopic (exact) mass is 397 g/mol. The second-order valence-corrected chi connectivity index (χ2v) is 7.80. The van der Waals surface area contributed by atoms with Crippen LogP contribution in [-0.2, 0) is 4.79 Å². The van der Waals surface area contributed by atoms with Crippen LogP contribution in [0, 0.1) is 6.92 Å². The van der Waals surface area contributed by atoms with E-state index in [0.717, 1.165) is 20.5 Å². The highest BCUT2D eigenvalue weighted by molar-refractivity contribution is 7.26. The van der Waals surface area contributed by atoms with Crippen molar-refractivity contribution in [3.63, 3.8) is 0 Å². The molecule has 0 aliphatic heterocycles. The summed E-state index contributed by atoms with van der Waals surface area (Å²) in [5.74, 6) is -0.329. The largest absolute Gasteiger partial charge is 0.324 e. The van der Waals surface area contributed by atoms with Gasteiger partial charge in [0.2, 0.25) is 5.91 Å². The maximum absolute atomic E-state index is 13.1. The third-order valence-electron chi connectivity index (χ3n) is 4.44. The van der Waals surface area contributed by atoms with Crippen LogP contribution >= 0.6 is 22.9 Å². The molecular weight excluding hydrogens is 382 g/mol. The lowest BCUT2D eigenvalue weighted by Crippen LogP contribution is -2.33. The Hall–Kier alpha value is -2.70. The second-order valence-electron chi connectivity index (χ2n) is 6.31. The number of hydrogen-bond donors (Lipinski definition) is 1. The van der Waals surface area contributed by atoms with Crippen LogP contribution in [0.1, 0.15) is 18.7 Å². The molecule has 0 aliphatic rings. The molecule has 0 aliphatic carbocycles. The Morgan fingerprint density at radius 3 is 2.78 bits per heavy atom. The highest BCUT2D eigenvalue weighted by Gasteiger charge is 2.22. The van der Waals surface area contributed by atoms with Crippen molar-refractivity contribution in [3.8, 4) is 0 Å². The van der Waals surface area contributed by atoms with E-state index in [2.05, 4.69) is 10.4 Å². The zero-order chi connectivity index (χ0) is 19.1. The Bertz CT molecular complexity index is 1250. The van der Waals surface area contributed by atoms with Crippen molar-refractivity contribution in [1.29, 1.82) is 0 Å². The summed E-state index contributed by atoms with van der Waals surface area (Å²) in [5.41, 5.74) is 1.04. The first-order valence-corrected chi connectivity index (χ1v) is 9.62. The van der Waals surface area contributed by atoms with Crippen molar-refractivity contribution < 1.29 is 4.79 Å². The molecule has 0 fully saturated rings. The molecule has 0 saturated carbocycles. The molecule has 2 heterocycles. The summed E-state index contributed by atoms with van der Waals surface area (Å²) in [6, 6.07) is 13.9. The molecule has 0 spiro atoms. The molecule has 136 valence electrons. The molecule has 0 radical (unpaired) electrons. The van der Waals surface area contributed by atoms with E-state index in [-0.39, 0.29) is 11.5 Å². The van der Waals surface area contributed by atoms with Gasteiger partial charge in [0.1, 0.15) is 6.04 Å². The first-order valence-electron chi connectivity index (χ1n) is 8.43. The Labute approximate surface area is 164 Å². The molecule has 1 atom stereocenters. The number of fused-ring (bicyclic) bond motifs is 3. The fourth-order valence-corrected chi connectivity index (χ4v) is 4.39.